The SMILES string of the molecule is C=CC(N)=O.CC=CN(C)C. The number of primary amides is 1. The zero-order chi connectivity index (χ0) is 9.28. The molecule has 0 aliphatic rings. The predicted molar refractivity (Wildman–Crippen MR) is 47.9 cm³/mol. The molecule has 0 bridgehead atoms. The molecular weight excluding hydrogens is 140 g/mol. The summed E-state index contributed by atoms with van der Waals surface area (Å²) in [5.41, 5.74) is 4.53. The van der Waals surface area contributed by atoms with Gasteiger partial charge in [-0.1, -0.05) is 12.7 Å². The number of amides is 1. The minimum Gasteiger partial charge on any atom is -0.384 e. The van der Waals surface area contributed by atoms with Crippen molar-refractivity contribution < 1.29 is 4.79 Å². The molecule has 0 unspecified atom stereocenters. The maximum Gasteiger partial charge on any atom is 0.240 e. The van der Waals surface area contributed by atoms with Crippen molar-refractivity contribution in [1.82, 2.24) is 4.90 Å². The zero-order valence-electron chi connectivity index (χ0n) is 7.37. The minimum absolute atomic E-state index is 0.481. The van der Waals surface area contributed by atoms with Crippen molar-refractivity contribution in [3.8, 4) is 0 Å². The second-order valence-corrected chi connectivity index (χ2v) is 2.05. The van der Waals surface area contributed by atoms with E-state index in [0.29, 0.717) is 0 Å². The van der Waals surface area contributed by atoms with Gasteiger partial charge in [0.05, 0.1) is 0 Å². The van der Waals surface area contributed by atoms with Crippen LogP contribution in [0.25, 0.3) is 0 Å². The van der Waals surface area contributed by atoms with E-state index in [1.807, 2.05) is 38.2 Å². The molecule has 0 heterocycles. The molecule has 0 saturated carbocycles. The van der Waals surface area contributed by atoms with Crippen LogP contribution in [0.1, 0.15) is 6.92 Å². The molecule has 3 nitrogen and oxygen atoms in total. The average Bonchev–Trinajstić information content (AvgIpc) is 1.89. The molecule has 2 N–H and O–H groups in total. The highest BCUT2D eigenvalue weighted by atomic mass is 16.1. The number of rotatable bonds is 2. The van der Waals surface area contributed by atoms with Crippen LogP contribution >= 0.6 is 0 Å². The summed E-state index contributed by atoms with van der Waals surface area (Å²) in [6.07, 6.45) is 5.06. The molecule has 0 aromatic heterocycles. The molecule has 0 fully saturated rings. The highest BCUT2D eigenvalue weighted by molar-refractivity contribution is 5.84. The van der Waals surface area contributed by atoms with Crippen LogP contribution in [-0.2, 0) is 4.79 Å². The van der Waals surface area contributed by atoms with Gasteiger partial charge in [0, 0.05) is 14.1 Å². The summed E-state index contributed by atoms with van der Waals surface area (Å²) in [7, 11) is 4.00. The van der Waals surface area contributed by atoms with Gasteiger partial charge in [0.1, 0.15) is 0 Å². The Balaban J connectivity index is 0. The molecule has 0 rings (SSSR count). The Labute approximate surface area is 68.2 Å². The van der Waals surface area contributed by atoms with Crippen molar-refractivity contribution in [3.63, 3.8) is 0 Å². The lowest BCUT2D eigenvalue weighted by Crippen LogP contribution is -2.04. The van der Waals surface area contributed by atoms with Gasteiger partial charge in [-0.15, -0.1) is 0 Å². The molecule has 0 aromatic rings. The second-order valence-electron chi connectivity index (χ2n) is 2.05. The Morgan fingerprint density at radius 2 is 1.91 bits per heavy atom. The fourth-order valence-corrected chi connectivity index (χ4v) is 0.298. The van der Waals surface area contributed by atoms with E-state index in [4.69, 9.17) is 0 Å². The first-order chi connectivity index (χ1) is 5.04. The maximum atomic E-state index is 9.47. The Morgan fingerprint density at radius 1 is 1.55 bits per heavy atom. The second kappa shape index (κ2) is 8.75. The third-order valence-electron chi connectivity index (χ3n) is 0.648. The van der Waals surface area contributed by atoms with Gasteiger partial charge in [-0.05, 0) is 19.2 Å². The van der Waals surface area contributed by atoms with Gasteiger partial charge in [0.25, 0.3) is 0 Å². The van der Waals surface area contributed by atoms with Gasteiger partial charge < -0.3 is 10.6 Å². The first-order valence-electron chi connectivity index (χ1n) is 3.25. The lowest BCUT2D eigenvalue weighted by atomic mass is 10.6. The summed E-state index contributed by atoms with van der Waals surface area (Å²) in [6, 6.07) is 0. The molecular formula is C8H16N2O. The number of allylic oxidation sites excluding steroid dienone is 1. The van der Waals surface area contributed by atoms with Gasteiger partial charge in [0.15, 0.2) is 0 Å². The largest absolute Gasteiger partial charge is 0.384 e. The molecule has 0 aliphatic carbocycles. The smallest absolute Gasteiger partial charge is 0.240 e. The Hall–Kier alpha value is -1.25. The number of nitrogens with zero attached hydrogens (tertiary/aromatic N) is 1. The van der Waals surface area contributed by atoms with Crippen molar-refractivity contribution in [3.05, 3.63) is 24.9 Å². The van der Waals surface area contributed by atoms with Crippen LogP contribution in [-0.4, -0.2) is 24.9 Å². The summed E-state index contributed by atoms with van der Waals surface area (Å²) >= 11 is 0. The number of carbonyl (C=O) groups excluding carboxylic acids is 1. The summed E-state index contributed by atoms with van der Waals surface area (Å²) in [5.74, 6) is -0.481. The Bertz CT molecular complexity index is 139. The van der Waals surface area contributed by atoms with Gasteiger partial charge in [-0.3, -0.25) is 4.79 Å². The van der Waals surface area contributed by atoms with E-state index in [9.17, 15) is 4.79 Å². The van der Waals surface area contributed by atoms with Crippen LogP contribution in [0.2, 0.25) is 0 Å². The Kier molecular flexibility index (Phi) is 9.89. The highest BCUT2D eigenvalue weighted by Gasteiger charge is 1.69. The summed E-state index contributed by atoms with van der Waals surface area (Å²) in [4.78, 5) is 11.5. The van der Waals surface area contributed by atoms with Crippen LogP contribution in [0.15, 0.2) is 24.9 Å². The summed E-state index contributed by atoms with van der Waals surface area (Å²) in [5, 5.41) is 0. The van der Waals surface area contributed by atoms with Crippen LogP contribution < -0.4 is 5.73 Å². The van der Waals surface area contributed by atoms with Gasteiger partial charge in [-0.25, -0.2) is 0 Å². The summed E-state index contributed by atoms with van der Waals surface area (Å²) < 4.78 is 0. The quantitative estimate of drug-likeness (QED) is 0.599. The van der Waals surface area contributed by atoms with Crippen LogP contribution in [0.4, 0.5) is 0 Å². The summed E-state index contributed by atoms with van der Waals surface area (Å²) in [6.45, 7) is 5.09. The monoisotopic (exact) mass is 156 g/mol. The molecule has 0 aliphatic heterocycles. The fraction of sp³-hybridized carbons (Fsp3) is 0.375. The number of hydrogen-bond donors (Lipinski definition) is 1. The van der Waals surface area contributed by atoms with Crippen LogP contribution in [0.3, 0.4) is 0 Å². The maximum absolute atomic E-state index is 9.47. The molecule has 0 radical (unpaired) electrons. The lowest BCUT2D eigenvalue weighted by molar-refractivity contribution is -0.113. The van der Waals surface area contributed by atoms with Crippen molar-refractivity contribution in [2.24, 2.45) is 5.73 Å². The molecule has 0 spiro atoms. The van der Waals surface area contributed by atoms with E-state index >= 15 is 0 Å². The van der Waals surface area contributed by atoms with Crippen molar-refractivity contribution in [2.45, 2.75) is 6.92 Å². The first kappa shape index (κ1) is 12.4. The van der Waals surface area contributed by atoms with Crippen molar-refractivity contribution >= 4 is 5.91 Å². The molecule has 0 saturated heterocycles. The third kappa shape index (κ3) is 28.4. The lowest BCUT2D eigenvalue weighted by Gasteiger charge is -1.99. The van der Waals surface area contributed by atoms with E-state index in [-0.39, 0.29) is 0 Å². The van der Waals surface area contributed by atoms with Crippen molar-refractivity contribution in [2.75, 3.05) is 14.1 Å². The number of hydrogen-bond acceptors (Lipinski definition) is 2. The van der Waals surface area contributed by atoms with E-state index in [1.54, 1.807) is 0 Å². The van der Waals surface area contributed by atoms with E-state index in [2.05, 4.69) is 12.3 Å². The van der Waals surface area contributed by atoms with Crippen LogP contribution in [0.5, 0.6) is 0 Å². The van der Waals surface area contributed by atoms with Gasteiger partial charge >= 0.3 is 0 Å². The molecule has 0 atom stereocenters. The van der Waals surface area contributed by atoms with Crippen molar-refractivity contribution in [1.29, 1.82) is 0 Å². The highest BCUT2D eigenvalue weighted by Crippen LogP contribution is 1.71. The minimum atomic E-state index is -0.481. The van der Waals surface area contributed by atoms with E-state index in [0.717, 1.165) is 6.08 Å². The average molecular weight is 156 g/mol. The normalized spacial score (nSPS) is 8.27. The molecule has 11 heavy (non-hydrogen) atoms. The van der Waals surface area contributed by atoms with Crippen LogP contribution in [0, 0.1) is 0 Å². The molecule has 0 aromatic carbocycles. The topological polar surface area (TPSA) is 46.3 Å². The third-order valence-corrected chi connectivity index (χ3v) is 0.648. The predicted octanol–water partition coefficient (Wildman–Crippen LogP) is 0.739. The van der Waals surface area contributed by atoms with E-state index < -0.39 is 5.91 Å². The number of carbonyl (C=O) groups is 1. The molecule has 1 amide bonds. The Morgan fingerprint density at radius 3 is 1.91 bits per heavy atom. The fourth-order valence-electron chi connectivity index (χ4n) is 0.298. The zero-order valence-corrected chi connectivity index (χ0v) is 7.37. The number of nitrogens with two attached hydrogens (primary N) is 1. The molecule has 3 heteroatoms. The standard InChI is InChI=1S/C5H11N.C3H5NO/c1-4-5-6(2)3;1-2-3(4)5/h4-5H,1-3H3;2H,1H2,(H2,4,5). The first-order valence-corrected chi connectivity index (χ1v) is 3.25. The van der Waals surface area contributed by atoms with E-state index in [1.165, 1.54) is 0 Å². The molecule has 64 valence electrons. The van der Waals surface area contributed by atoms with Gasteiger partial charge in [0.2, 0.25) is 5.91 Å². The van der Waals surface area contributed by atoms with Gasteiger partial charge in [-0.2, -0.15) is 0 Å².